The molecule has 0 aromatic heterocycles. The number of hydrogen-bond acceptors (Lipinski definition) is 4. The van der Waals surface area contributed by atoms with E-state index in [-0.39, 0.29) is 11.6 Å². The van der Waals surface area contributed by atoms with Crippen LogP contribution < -0.4 is 5.32 Å². The Balaban J connectivity index is 4.73. The van der Waals surface area contributed by atoms with Gasteiger partial charge in [0.05, 0.1) is 5.67 Å². The topological polar surface area (TPSA) is 56.8 Å². The second-order valence-electron chi connectivity index (χ2n) is 2.89. The minimum Gasteiger partial charge on any atom is -0.376 e. The van der Waals surface area contributed by atoms with Crippen molar-refractivity contribution in [2.75, 3.05) is 21.3 Å². The van der Waals surface area contributed by atoms with Crippen molar-refractivity contribution in [1.82, 2.24) is 5.32 Å². The van der Waals surface area contributed by atoms with Crippen LogP contribution >= 0.6 is 0 Å². The van der Waals surface area contributed by atoms with Gasteiger partial charge in [0.1, 0.15) is 0 Å². The van der Waals surface area contributed by atoms with E-state index in [9.17, 15) is 4.79 Å². The molecule has 0 heterocycles. The van der Waals surface area contributed by atoms with Crippen LogP contribution in [0.2, 0.25) is 0 Å². The highest BCUT2D eigenvalue weighted by atomic mass is 28.4. The third-order valence-electron chi connectivity index (χ3n) is 2.19. The third-order valence-corrected chi connectivity index (χ3v) is 5.30. The van der Waals surface area contributed by atoms with Crippen molar-refractivity contribution in [2.24, 2.45) is 0 Å². The monoisotopic (exact) mass is 233 g/mol. The summed E-state index contributed by atoms with van der Waals surface area (Å²) in [6.45, 7) is 5.31. The molecule has 1 N–H and O–H groups in total. The molecule has 1 amide bonds. The van der Waals surface area contributed by atoms with Gasteiger partial charge in [-0.2, -0.15) is 0 Å². The lowest BCUT2D eigenvalue weighted by molar-refractivity contribution is -0.117. The van der Waals surface area contributed by atoms with E-state index in [4.69, 9.17) is 13.3 Å². The number of nitrogens with one attached hydrogen (secondary N) is 1. The van der Waals surface area contributed by atoms with E-state index in [1.165, 1.54) is 27.4 Å². The average molecular weight is 233 g/mol. The van der Waals surface area contributed by atoms with Gasteiger partial charge in [-0.25, -0.2) is 0 Å². The maximum absolute atomic E-state index is 11.2. The van der Waals surface area contributed by atoms with Gasteiger partial charge in [-0.1, -0.05) is 13.5 Å². The molecule has 0 aromatic carbocycles. The van der Waals surface area contributed by atoms with Crippen molar-refractivity contribution in [2.45, 2.75) is 19.0 Å². The molecular weight excluding hydrogens is 214 g/mol. The molecule has 0 aliphatic heterocycles. The number of amides is 1. The first kappa shape index (κ1) is 14.3. The van der Waals surface area contributed by atoms with Gasteiger partial charge in [-0.05, 0) is 12.5 Å². The molecule has 1 atom stereocenters. The zero-order valence-electron chi connectivity index (χ0n) is 9.70. The van der Waals surface area contributed by atoms with Crippen molar-refractivity contribution >= 4 is 14.7 Å². The summed E-state index contributed by atoms with van der Waals surface area (Å²) >= 11 is 0. The van der Waals surface area contributed by atoms with Gasteiger partial charge in [-0.15, -0.1) is 0 Å². The molecule has 0 saturated carbocycles. The van der Waals surface area contributed by atoms with Crippen molar-refractivity contribution in [3.63, 3.8) is 0 Å². The standard InChI is InChI=1S/C9H19NO4Si/c1-6-8(11)10-9(7-2)15(12-3,13-4)14-5/h6,9H,1,7H2,2-5H3,(H,10,11). The average Bonchev–Trinajstić information content (AvgIpc) is 2.29. The van der Waals surface area contributed by atoms with Crippen LogP contribution in [0, 0.1) is 0 Å². The summed E-state index contributed by atoms with van der Waals surface area (Å²) in [6, 6.07) is 0. The molecule has 0 aliphatic carbocycles. The molecule has 6 heteroatoms. The van der Waals surface area contributed by atoms with Crippen LogP contribution in [-0.4, -0.2) is 41.7 Å². The van der Waals surface area contributed by atoms with E-state index in [2.05, 4.69) is 11.9 Å². The van der Waals surface area contributed by atoms with Gasteiger partial charge in [0.2, 0.25) is 5.91 Å². The zero-order valence-corrected chi connectivity index (χ0v) is 10.7. The first-order chi connectivity index (χ1) is 7.10. The van der Waals surface area contributed by atoms with Crippen molar-refractivity contribution < 1.29 is 18.1 Å². The second kappa shape index (κ2) is 6.73. The maximum atomic E-state index is 11.2. The molecule has 0 fully saturated rings. The summed E-state index contributed by atoms with van der Waals surface area (Å²) in [6.07, 6.45) is 1.88. The molecule has 5 nitrogen and oxygen atoms in total. The molecular formula is C9H19NO4Si. The summed E-state index contributed by atoms with van der Waals surface area (Å²) in [5.41, 5.74) is -0.261. The Morgan fingerprint density at radius 2 is 1.87 bits per heavy atom. The largest absolute Gasteiger partial charge is 0.523 e. The molecule has 1 unspecified atom stereocenters. The van der Waals surface area contributed by atoms with Crippen molar-refractivity contribution in [1.29, 1.82) is 0 Å². The van der Waals surface area contributed by atoms with E-state index in [1.54, 1.807) is 0 Å². The Hall–Kier alpha value is -0.693. The molecule has 0 spiro atoms. The van der Waals surface area contributed by atoms with Crippen molar-refractivity contribution in [3.05, 3.63) is 12.7 Å². The van der Waals surface area contributed by atoms with Crippen LogP contribution in [0.4, 0.5) is 0 Å². The Kier molecular flexibility index (Phi) is 6.42. The zero-order chi connectivity index (χ0) is 11.9. The molecule has 0 aliphatic rings. The highest BCUT2D eigenvalue weighted by Crippen LogP contribution is 2.14. The fourth-order valence-corrected chi connectivity index (χ4v) is 3.52. The summed E-state index contributed by atoms with van der Waals surface area (Å²) in [4.78, 5) is 11.2. The summed E-state index contributed by atoms with van der Waals surface area (Å²) in [7, 11) is 1.74. The van der Waals surface area contributed by atoms with Crippen molar-refractivity contribution in [3.8, 4) is 0 Å². The number of rotatable bonds is 7. The first-order valence-electron chi connectivity index (χ1n) is 4.68. The van der Waals surface area contributed by atoms with Crippen LogP contribution in [0.15, 0.2) is 12.7 Å². The summed E-state index contributed by atoms with van der Waals surface area (Å²) in [5.74, 6) is -0.259. The fourth-order valence-electron chi connectivity index (χ4n) is 1.35. The highest BCUT2D eigenvalue weighted by molar-refractivity contribution is 6.62. The lowest BCUT2D eigenvalue weighted by Crippen LogP contribution is -2.61. The first-order valence-corrected chi connectivity index (χ1v) is 6.48. The molecule has 15 heavy (non-hydrogen) atoms. The van der Waals surface area contributed by atoms with Crippen LogP contribution in [0.3, 0.4) is 0 Å². The fraction of sp³-hybridized carbons (Fsp3) is 0.667. The van der Waals surface area contributed by atoms with E-state index < -0.39 is 8.80 Å². The Morgan fingerprint density at radius 3 is 2.13 bits per heavy atom. The third kappa shape index (κ3) is 3.42. The smallest absolute Gasteiger partial charge is 0.376 e. The summed E-state index contributed by atoms with van der Waals surface area (Å²) < 4.78 is 15.8. The number of carbonyl (C=O) groups excluding carboxylic acids is 1. The quantitative estimate of drug-likeness (QED) is 0.513. The molecule has 88 valence electrons. The molecule has 0 aromatic rings. The maximum Gasteiger partial charge on any atom is 0.523 e. The van der Waals surface area contributed by atoms with Crippen LogP contribution in [0.5, 0.6) is 0 Å². The minimum absolute atomic E-state index is 0.259. The van der Waals surface area contributed by atoms with Gasteiger partial charge in [0, 0.05) is 21.3 Å². The Labute approximate surface area is 91.8 Å². The van der Waals surface area contributed by atoms with Gasteiger partial charge >= 0.3 is 8.80 Å². The van der Waals surface area contributed by atoms with Gasteiger partial charge in [-0.3, -0.25) is 4.79 Å². The Morgan fingerprint density at radius 1 is 1.40 bits per heavy atom. The SMILES string of the molecule is C=CC(=O)NC(CC)[Si](OC)(OC)OC. The van der Waals surface area contributed by atoms with Crippen LogP contribution in [0.1, 0.15) is 13.3 Å². The molecule has 0 rings (SSSR count). The van der Waals surface area contributed by atoms with E-state index >= 15 is 0 Å². The van der Waals surface area contributed by atoms with Gasteiger partial charge in [0.25, 0.3) is 0 Å². The molecule has 0 bridgehead atoms. The summed E-state index contributed by atoms with van der Waals surface area (Å²) in [5, 5.41) is 2.74. The Bertz CT molecular complexity index is 210. The van der Waals surface area contributed by atoms with E-state index in [1.807, 2.05) is 6.92 Å². The normalized spacial score (nSPS) is 13.3. The lowest BCUT2D eigenvalue weighted by atomic mass is 10.4. The van der Waals surface area contributed by atoms with Gasteiger partial charge in [0.15, 0.2) is 0 Å². The second-order valence-corrected chi connectivity index (χ2v) is 6.02. The van der Waals surface area contributed by atoms with Crippen LogP contribution in [-0.2, 0) is 18.1 Å². The van der Waals surface area contributed by atoms with Crippen LogP contribution in [0.25, 0.3) is 0 Å². The number of carbonyl (C=O) groups is 1. The highest BCUT2D eigenvalue weighted by Gasteiger charge is 2.47. The van der Waals surface area contributed by atoms with E-state index in [0.29, 0.717) is 6.42 Å². The number of hydrogen-bond donors (Lipinski definition) is 1. The lowest BCUT2D eigenvalue weighted by Gasteiger charge is -2.31. The molecule has 0 saturated heterocycles. The predicted molar refractivity (Wildman–Crippen MR) is 59.2 cm³/mol. The predicted octanol–water partition coefficient (Wildman–Crippen LogP) is 0.484. The van der Waals surface area contributed by atoms with Gasteiger partial charge < -0.3 is 18.6 Å². The molecule has 0 radical (unpaired) electrons. The minimum atomic E-state index is -2.81. The van der Waals surface area contributed by atoms with E-state index in [0.717, 1.165) is 0 Å².